The summed E-state index contributed by atoms with van der Waals surface area (Å²) in [6.45, 7) is 4.68. The van der Waals surface area contributed by atoms with Crippen LogP contribution in [-0.2, 0) is 9.53 Å². The van der Waals surface area contributed by atoms with Crippen LogP contribution in [-0.4, -0.2) is 34.9 Å². The zero-order chi connectivity index (χ0) is 17.3. The van der Waals surface area contributed by atoms with Crippen molar-refractivity contribution in [3.05, 3.63) is 12.4 Å². The summed E-state index contributed by atoms with van der Waals surface area (Å²) in [5.41, 5.74) is 0.416. The van der Waals surface area contributed by atoms with Crippen LogP contribution in [0.25, 0.3) is 0 Å². The van der Waals surface area contributed by atoms with E-state index in [4.69, 9.17) is 4.74 Å². The Balaban J connectivity index is 1.99. The molecule has 24 heavy (non-hydrogen) atoms. The summed E-state index contributed by atoms with van der Waals surface area (Å²) >= 11 is 0. The number of fused-ring (bicyclic) bond motifs is 1. The van der Waals surface area contributed by atoms with Gasteiger partial charge < -0.3 is 9.64 Å². The molecule has 1 saturated heterocycles. The predicted molar refractivity (Wildman–Crippen MR) is 90.4 cm³/mol. The Morgan fingerprint density at radius 2 is 2.29 bits per heavy atom. The van der Waals surface area contributed by atoms with E-state index >= 15 is 0 Å². The molecule has 2 aliphatic rings. The highest BCUT2D eigenvalue weighted by molar-refractivity contribution is 5.74. The third-order valence-electron chi connectivity index (χ3n) is 5.65. The lowest BCUT2D eigenvalue weighted by atomic mass is 9.66. The third-order valence-corrected chi connectivity index (χ3v) is 5.65. The number of nitriles is 1. The molecule has 0 spiro atoms. The number of aromatic nitrogens is 2. The number of methoxy groups -OCH3 is 1. The Morgan fingerprint density at radius 3 is 2.92 bits per heavy atom. The minimum absolute atomic E-state index is 0.173. The number of carbonyl (C=O) groups excluding carboxylic acids is 1. The molecule has 0 unspecified atom stereocenters. The Bertz CT molecular complexity index is 648. The molecule has 1 aromatic heterocycles. The number of esters is 1. The Kier molecular flexibility index (Phi) is 4.53. The van der Waals surface area contributed by atoms with Gasteiger partial charge in [-0.1, -0.05) is 12.8 Å². The van der Waals surface area contributed by atoms with Crippen LogP contribution in [0.2, 0.25) is 0 Å². The number of carbonyl (C=O) groups is 1. The van der Waals surface area contributed by atoms with Gasteiger partial charge in [-0.3, -0.25) is 9.48 Å². The zero-order valence-corrected chi connectivity index (χ0v) is 14.7. The van der Waals surface area contributed by atoms with E-state index < -0.39 is 5.54 Å². The van der Waals surface area contributed by atoms with E-state index in [1.165, 1.54) is 7.11 Å². The van der Waals surface area contributed by atoms with Crippen LogP contribution in [0.5, 0.6) is 0 Å². The van der Waals surface area contributed by atoms with Crippen LogP contribution < -0.4 is 4.90 Å². The summed E-state index contributed by atoms with van der Waals surface area (Å²) in [5, 5.41) is 14.5. The molecule has 3 rings (SSSR count). The molecule has 130 valence electrons. The highest BCUT2D eigenvalue weighted by atomic mass is 16.5. The second-order valence-corrected chi connectivity index (χ2v) is 7.32. The second-order valence-electron chi connectivity index (χ2n) is 7.32. The number of rotatable bonds is 3. The van der Waals surface area contributed by atoms with Crippen molar-refractivity contribution >= 4 is 11.7 Å². The van der Waals surface area contributed by atoms with Crippen molar-refractivity contribution in [2.24, 2.45) is 11.8 Å². The van der Waals surface area contributed by atoms with Crippen molar-refractivity contribution in [3.63, 3.8) is 0 Å². The highest BCUT2D eigenvalue weighted by Crippen LogP contribution is 2.47. The first kappa shape index (κ1) is 16.8. The molecular formula is C18H26N4O2. The van der Waals surface area contributed by atoms with E-state index in [2.05, 4.69) is 29.9 Å². The molecule has 2 fully saturated rings. The zero-order valence-electron chi connectivity index (χ0n) is 14.7. The Hall–Kier alpha value is -2.03. The molecule has 1 aliphatic heterocycles. The fraction of sp³-hybridized carbons (Fsp3) is 0.722. The van der Waals surface area contributed by atoms with Crippen molar-refractivity contribution in [1.29, 1.82) is 5.26 Å². The minimum atomic E-state index is -0.520. The van der Waals surface area contributed by atoms with E-state index in [-0.39, 0.29) is 23.8 Å². The third kappa shape index (κ3) is 2.66. The lowest BCUT2D eigenvalue weighted by molar-refractivity contribution is -0.146. The molecule has 2 heterocycles. The lowest BCUT2D eigenvalue weighted by Crippen LogP contribution is -2.61. The summed E-state index contributed by atoms with van der Waals surface area (Å²) in [7, 11) is 1.44. The van der Waals surface area contributed by atoms with Gasteiger partial charge in [0.05, 0.1) is 31.0 Å². The summed E-state index contributed by atoms with van der Waals surface area (Å²) in [6, 6.07) is 2.88. The number of anilines is 1. The van der Waals surface area contributed by atoms with Gasteiger partial charge in [-0.05, 0) is 39.0 Å². The Labute approximate surface area is 143 Å². The van der Waals surface area contributed by atoms with Crippen LogP contribution in [0.3, 0.4) is 0 Å². The minimum Gasteiger partial charge on any atom is -0.469 e. The molecule has 1 saturated carbocycles. The van der Waals surface area contributed by atoms with E-state index in [0.29, 0.717) is 6.54 Å². The molecule has 1 aliphatic carbocycles. The quantitative estimate of drug-likeness (QED) is 0.797. The predicted octanol–water partition coefficient (Wildman–Crippen LogP) is 2.92. The molecule has 1 aromatic rings. The summed E-state index contributed by atoms with van der Waals surface area (Å²) in [4.78, 5) is 14.3. The molecule has 3 atom stereocenters. The number of hydrogen-bond acceptors (Lipinski definition) is 5. The molecule has 0 N–H and O–H groups in total. The van der Waals surface area contributed by atoms with E-state index in [1.54, 1.807) is 0 Å². The van der Waals surface area contributed by atoms with Crippen LogP contribution in [0, 0.1) is 23.2 Å². The van der Waals surface area contributed by atoms with Gasteiger partial charge >= 0.3 is 5.97 Å². The molecule has 6 heteroatoms. The average Bonchev–Trinajstić information content (AvgIpc) is 3.09. The Morgan fingerprint density at radius 1 is 1.50 bits per heavy atom. The van der Waals surface area contributed by atoms with Crippen LogP contribution >= 0.6 is 0 Å². The van der Waals surface area contributed by atoms with Gasteiger partial charge in [0, 0.05) is 18.8 Å². The fourth-order valence-electron chi connectivity index (χ4n) is 4.33. The smallest absolute Gasteiger partial charge is 0.310 e. The normalized spacial score (nSPS) is 29.9. The van der Waals surface area contributed by atoms with Crippen LogP contribution in [0.15, 0.2) is 12.4 Å². The van der Waals surface area contributed by atoms with E-state index in [1.807, 2.05) is 17.1 Å². The maximum atomic E-state index is 12.2. The highest BCUT2D eigenvalue weighted by Gasteiger charge is 2.52. The first-order valence-electron chi connectivity index (χ1n) is 8.82. The first-order valence-corrected chi connectivity index (χ1v) is 8.82. The SMILES string of the molecule is COC(=O)[C@H]1C[C@H]2CCCC[C@]2(C#N)N(c2cnn(C(C)C)c2)C1. The number of piperidine rings is 1. The number of hydrogen-bond donors (Lipinski definition) is 0. The maximum absolute atomic E-state index is 12.2. The average molecular weight is 330 g/mol. The molecular weight excluding hydrogens is 304 g/mol. The van der Waals surface area contributed by atoms with Crippen molar-refractivity contribution in [1.82, 2.24) is 9.78 Å². The van der Waals surface area contributed by atoms with Crippen LogP contribution in [0.1, 0.15) is 52.0 Å². The maximum Gasteiger partial charge on any atom is 0.310 e. The van der Waals surface area contributed by atoms with Crippen molar-refractivity contribution < 1.29 is 9.53 Å². The monoisotopic (exact) mass is 330 g/mol. The molecule has 0 radical (unpaired) electrons. The van der Waals surface area contributed by atoms with Gasteiger partial charge in [0.15, 0.2) is 0 Å². The van der Waals surface area contributed by atoms with E-state index in [9.17, 15) is 10.1 Å². The topological polar surface area (TPSA) is 71.2 Å². The van der Waals surface area contributed by atoms with Crippen molar-refractivity contribution in [2.45, 2.75) is 57.5 Å². The molecule has 0 aromatic carbocycles. The fourth-order valence-corrected chi connectivity index (χ4v) is 4.33. The standard InChI is InChI=1S/C18H26N4O2/c1-13(2)22-11-16(9-20-22)21-10-14(17(23)24-3)8-15-6-4-5-7-18(15,21)12-19/h9,11,13-15H,4-8,10H2,1-3H3/t14-,15+,18+/m0/s1. The number of nitrogens with zero attached hydrogens (tertiary/aromatic N) is 4. The van der Waals surface area contributed by atoms with Gasteiger partial charge in [0.2, 0.25) is 0 Å². The summed E-state index contributed by atoms with van der Waals surface area (Å²) < 4.78 is 6.90. The van der Waals surface area contributed by atoms with Crippen molar-refractivity contribution in [3.8, 4) is 6.07 Å². The van der Waals surface area contributed by atoms with Gasteiger partial charge in [-0.15, -0.1) is 0 Å². The molecule has 6 nitrogen and oxygen atoms in total. The number of ether oxygens (including phenoxy) is 1. The van der Waals surface area contributed by atoms with E-state index in [0.717, 1.165) is 37.8 Å². The molecule has 0 bridgehead atoms. The van der Waals surface area contributed by atoms with Gasteiger partial charge in [0.25, 0.3) is 0 Å². The van der Waals surface area contributed by atoms with Gasteiger partial charge in [-0.25, -0.2) is 0 Å². The first-order chi connectivity index (χ1) is 11.5. The summed E-state index contributed by atoms with van der Waals surface area (Å²) in [5.74, 6) is -0.146. The van der Waals surface area contributed by atoms with Crippen molar-refractivity contribution in [2.75, 3.05) is 18.6 Å². The molecule has 0 amide bonds. The lowest BCUT2D eigenvalue weighted by Gasteiger charge is -2.52. The largest absolute Gasteiger partial charge is 0.469 e. The second kappa shape index (κ2) is 6.46. The van der Waals surface area contributed by atoms with Gasteiger partial charge in [-0.2, -0.15) is 10.4 Å². The van der Waals surface area contributed by atoms with Gasteiger partial charge in [0.1, 0.15) is 5.54 Å². The van der Waals surface area contributed by atoms with Crippen LogP contribution in [0.4, 0.5) is 5.69 Å². The summed E-state index contributed by atoms with van der Waals surface area (Å²) in [6.07, 6.45) is 8.60.